The third-order valence-electron chi connectivity index (χ3n) is 6.12. The van der Waals surface area contributed by atoms with E-state index < -0.39 is 0 Å². The average Bonchev–Trinajstić information content (AvgIpc) is 3.45. The van der Waals surface area contributed by atoms with Crippen LogP contribution in [0.15, 0.2) is 59.1 Å². The van der Waals surface area contributed by atoms with Gasteiger partial charge in [-0.3, -0.25) is 14.8 Å². The normalized spacial score (nSPS) is 21.9. The minimum atomic E-state index is -0.0572. The van der Waals surface area contributed by atoms with Crippen LogP contribution in [0.25, 0.3) is 11.5 Å². The van der Waals surface area contributed by atoms with Gasteiger partial charge < -0.3 is 9.73 Å². The van der Waals surface area contributed by atoms with Crippen LogP contribution < -0.4 is 5.32 Å². The van der Waals surface area contributed by atoms with Crippen LogP contribution in [-0.2, 0) is 11.3 Å². The minimum Gasteiger partial charge on any atom is -0.458 e. The molecule has 28 heavy (non-hydrogen) atoms. The molecule has 1 spiro atoms. The van der Waals surface area contributed by atoms with Crippen LogP contribution in [0.1, 0.15) is 36.5 Å². The second-order valence-electron chi connectivity index (χ2n) is 7.95. The molecule has 144 valence electrons. The highest BCUT2D eigenvalue weighted by Crippen LogP contribution is 2.39. The molecule has 2 aromatic heterocycles. The first kappa shape index (κ1) is 17.3. The maximum absolute atomic E-state index is 12.6. The van der Waals surface area contributed by atoms with Gasteiger partial charge in [-0.05, 0) is 43.0 Å². The van der Waals surface area contributed by atoms with E-state index in [9.17, 15) is 4.79 Å². The number of aromatic amines is 1. The summed E-state index contributed by atoms with van der Waals surface area (Å²) in [6.45, 7) is 2.71. The molecule has 2 aliphatic rings. The van der Waals surface area contributed by atoms with Crippen molar-refractivity contribution in [3.05, 3.63) is 66.1 Å². The predicted octanol–water partition coefficient (Wildman–Crippen LogP) is 3.31. The Balaban J connectivity index is 1.20. The predicted molar refractivity (Wildman–Crippen MR) is 105 cm³/mol. The van der Waals surface area contributed by atoms with Gasteiger partial charge >= 0.3 is 0 Å². The van der Waals surface area contributed by atoms with E-state index in [1.54, 1.807) is 6.20 Å². The summed E-state index contributed by atoms with van der Waals surface area (Å²) in [7, 11) is 0. The summed E-state index contributed by atoms with van der Waals surface area (Å²) in [5.74, 6) is 1.93. The number of H-pyrrole nitrogens is 1. The van der Waals surface area contributed by atoms with E-state index in [2.05, 4.69) is 32.5 Å². The lowest BCUT2D eigenvalue weighted by Crippen LogP contribution is -2.50. The lowest BCUT2D eigenvalue weighted by atomic mass is 9.82. The molecular weight excluding hydrogens is 352 g/mol. The van der Waals surface area contributed by atoms with E-state index in [1.807, 2.05) is 36.4 Å². The van der Waals surface area contributed by atoms with E-state index in [1.165, 1.54) is 0 Å². The zero-order chi connectivity index (χ0) is 19.0. The highest BCUT2D eigenvalue weighted by Gasteiger charge is 2.46. The molecule has 3 aromatic rings. The number of carbonyl (C=O) groups excluding carboxylic acids is 1. The molecule has 2 N–H and O–H groups in total. The van der Waals surface area contributed by atoms with Gasteiger partial charge in [-0.2, -0.15) is 5.10 Å². The molecular formula is C22H24N4O2. The molecule has 4 heterocycles. The first-order valence-corrected chi connectivity index (χ1v) is 9.89. The third-order valence-corrected chi connectivity index (χ3v) is 6.12. The fraction of sp³-hybridized carbons (Fsp3) is 0.364. The summed E-state index contributed by atoms with van der Waals surface area (Å²) in [5, 5.41) is 10.2. The van der Waals surface area contributed by atoms with Gasteiger partial charge in [-0.1, -0.05) is 30.3 Å². The third kappa shape index (κ3) is 3.24. The number of benzene rings is 1. The summed E-state index contributed by atoms with van der Waals surface area (Å²) >= 11 is 0. The van der Waals surface area contributed by atoms with Gasteiger partial charge in [0.1, 0.15) is 11.5 Å². The number of aromatic nitrogens is 2. The first-order chi connectivity index (χ1) is 13.7. The Bertz CT molecular complexity index is 940. The Kier molecular flexibility index (Phi) is 4.28. The van der Waals surface area contributed by atoms with Gasteiger partial charge in [0.15, 0.2) is 5.76 Å². The second-order valence-corrected chi connectivity index (χ2v) is 7.95. The van der Waals surface area contributed by atoms with Crippen LogP contribution in [0.3, 0.4) is 0 Å². The topological polar surface area (TPSA) is 74.2 Å². The Morgan fingerprint density at radius 1 is 1.11 bits per heavy atom. The zero-order valence-corrected chi connectivity index (χ0v) is 15.7. The Morgan fingerprint density at radius 2 is 1.93 bits per heavy atom. The van der Waals surface area contributed by atoms with Crippen molar-refractivity contribution in [1.82, 2.24) is 20.4 Å². The SMILES string of the molecule is O=C1NC2(CCN(Cc3ccc(-c4ccn[nH]4)o3)CC2)C[C@@H]1c1ccccc1. The average molecular weight is 376 g/mol. The van der Waals surface area contributed by atoms with Crippen molar-refractivity contribution in [3.8, 4) is 11.5 Å². The van der Waals surface area contributed by atoms with Crippen LogP contribution in [-0.4, -0.2) is 39.6 Å². The highest BCUT2D eigenvalue weighted by molar-refractivity contribution is 5.87. The molecule has 2 aliphatic heterocycles. The maximum atomic E-state index is 12.6. The van der Waals surface area contributed by atoms with Gasteiger partial charge in [-0.15, -0.1) is 0 Å². The molecule has 6 nitrogen and oxygen atoms in total. The van der Waals surface area contributed by atoms with E-state index in [-0.39, 0.29) is 17.4 Å². The quantitative estimate of drug-likeness (QED) is 0.733. The minimum absolute atomic E-state index is 0.0187. The molecule has 5 rings (SSSR count). The molecule has 2 saturated heterocycles. The number of carbonyl (C=O) groups is 1. The van der Waals surface area contributed by atoms with Gasteiger partial charge in [0.25, 0.3) is 0 Å². The number of nitrogens with zero attached hydrogens (tertiary/aromatic N) is 2. The molecule has 0 saturated carbocycles. The Hall–Kier alpha value is -2.86. The fourth-order valence-electron chi connectivity index (χ4n) is 4.53. The molecule has 1 atom stereocenters. The summed E-state index contributed by atoms with van der Waals surface area (Å²) in [4.78, 5) is 15.0. The van der Waals surface area contributed by atoms with E-state index in [0.29, 0.717) is 0 Å². The van der Waals surface area contributed by atoms with Gasteiger partial charge in [-0.25, -0.2) is 0 Å². The van der Waals surface area contributed by atoms with E-state index in [4.69, 9.17) is 4.42 Å². The van der Waals surface area contributed by atoms with Crippen molar-refractivity contribution >= 4 is 5.91 Å². The molecule has 0 unspecified atom stereocenters. The highest BCUT2D eigenvalue weighted by atomic mass is 16.3. The zero-order valence-electron chi connectivity index (χ0n) is 15.7. The lowest BCUT2D eigenvalue weighted by molar-refractivity contribution is -0.121. The van der Waals surface area contributed by atoms with Crippen molar-refractivity contribution < 1.29 is 9.21 Å². The van der Waals surface area contributed by atoms with Gasteiger partial charge in [0.2, 0.25) is 5.91 Å². The second kappa shape index (κ2) is 6.95. The monoisotopic (exact) mass is 376 g/mol. The lowest BCUT2D eigenvalue weighted by Gasteiger charge is -2.39. The first-order valence-electron chi connectivity index (χ1n) is 9.89. The van der Waals surface area contributed by atoms with Crippen LogP contribution in [0.5, 0.6) is 0 Å². The molecule has 0 bridgehead atoms. The number of amides is 1. The van der Waals surface area contributed by atoms with Crippen molar-refractivity contribution in [2.24, 2.45) is 0 Å². The fourth-order valence-corrected chi connectivity index (χ4v) is 4.53. The summed E-state index contributed by atoms with van der Waals surface area (Å²) in [6, 6.07) is 16.1. The Morgan fingerprint density at radius 3 is 2.68 bits per heavy atom. The van der Waals surface area contributed by atoms with Crippen molar-refractivity contribution in [3.63, 3.8) is 0 Å². The molecule has 0 radical (unpaired) electrons. The van der Waals surface area contributed by atoms with Crippen molar-refractivity contribution in [2.45, 2.75) is 37.3 Å². The van der Waals surface area contributed by atoms with Gasteiger partial charge in [0, 0.05) is 24.8 Å². The molecule has 0 aliphatic carbocycles. The van der Waals surface area contributed by atoms with E-state index in [0.717, 1.165) is 61.7 Å². The summed E-state index contributed by atoms with van der Waals surface area (Å²) < 4.78 is 5.96. The molecule has 1 amide bonds. The number of rotatable bonds is 4. The molecule has 6 heteroatoms. The number of hydrogen-bond acceptors (Lipinski definition) is 4. The number of hydrogen-bond donors (Lipinski definition) is 2. The summed E-state index contributed by atoms with van der Waals surface area (Å²) in [6.07, 6.45) is 4.58. The number of furan rings is 1. The van der Waals surface area contributed by atoms with Crippen LogP contribution in [0, 0.1) is 0 Å². The standard InChI is InChI=1S/C22H24N4O2/c27-21-18(16-4-2-1-3-5-16)14-22(24-21)9-12-26(13-10-22)15-17-6-7-20(28-17)19-8-11-23-25-19/h1-8,11,18H,9-10,12-15H2,(H,23,25)(H,24,27)/t18-/m1/s1. The smallest absolute Gasteiger partial charge is 0.228 e. The van der Waals surface area contributed by atoms with Crippen LogP contribution >= 0.6 is 0 Å². The maximum Gasteiger partial charge on any atom is 0.228 e. The van der Waals surface area contributed by atoms with Crippen molar-refractivity contribution in [1.29, 1.82) is 0 Å². The largest absolute Gasteiger partial charge is 0.458 e. The number of piperidine rings is 1. The molecule has 2 fully saturated rings. The number of likely N-dealkylation sites (tertiary alicyclic amines) is 1. The van der Waals surface area contributed by atoms with E-state index >= 15 is 0 Å². The Labute approximate surface area is 163 Å². The van der Waals surface area contributed by atoms with Gasteiger partial charge in [0.05, 0.1) is 12.5 Å². The van der Waals surface area contributed by atoms with Crippen LogP contribution in [0.2, 0.25) is 0 Å². The van der Waals surface area contributed by atoms with Crippen LogP contribution in [0.4, 0.5) is 0 Å². The summed E-state index contributed by atoms with van der Waals surface area (Å²) in [5.41, 5.74) is 1.96. The number of nitrogens with one attached hydrogen (secondary N) is 2. The van der Waals surface area contributed by atoms with Crippen molar-refractivity contribution in [2.75, 3.05) is 13.1 Å². The molecule has 1 aromatic carbocycles.